The monoisotopic (exact) mass is 389 g/mol. The summed E-state index contributed by atoms with van der Waals surface area (Å²) in [6.07, 6.45) is 0. The lowest BCUT2D eigenvalue weighted by atomic mass is 10.1. The maximum Gasteiger partial charge on any atom is 0.338 e. The summed E-state index contributed by atoms with van der Waals surface area (Å²) >= 11 is 5.93. The van der Waals surface area contributed by atoms with E-state index in [0.29, 0.717) is 0 Å². The van der Waals surface area contributed by atoms with E-state index in [1.807, 2.05) is 42.5 Å². The number of carbonyl (C=O) groups excluding carboxylic acids is 1. The highest BCUT2D eigenvalue weighted by Crippen LogP contribution is 2.24. The van der Waals surface area contributed by atoms with Crippen molar-refractivity contribution < 1.29 is 17.9 Å². The quantitative estimate of drug-likeness (QED) is 0.674. The van der Waals surface area contributed by atoms with Gasteiger partial charge in [0.05, 0.1) is 10.6 Å². The first-order valence-electron chi connectivity index (χ1n) is 7.79. The van der Waals surface area contributed by atoms with Gasteiger partial charge < -0.3 is 4.74 Å². The molecule has 5 nitrogen and oxygen atoms in total. The molecule has 3 rings (SSSR count). The molecule has 0 aliphatic carbocycles. The van der Waals surface area contributed by atoms with Gasteiger partial charge in [-0.3, -0.25) is 0 Å². The molecule has 0 aliphatic heterocycles. The van der Waals surface area contributed by atoms with Gasteiger partial charge in [-0.25, -0.2) is 17.9 Å². The van der Waals surface area contributed by atoms with Gasteiger partial charge in [-0.2, -0.15) is 0 Å². The summed E-state index contributed by atoms with van der Waals surface area (Å²) in [6.45, 7) is 0.0803. The molecule has 0 atom stereocenters. The molecule has 0 aliphatic rings. The molecule has 0 saturated heterocycles. The van der Waals surface area contributed by atoms with E-state index in [0.717, 1.165) is 16.3 Å². The zero-order valence-electron chi connectivity index (χ0n) is 13.9. The molecule has 0 bridgehead atoms. The van der Waals surface area contributed by atoms with Crippen LogP contribution in [0.5, 0.6) is 0 Å². The van der Waals surface area contributed by atoms with Crippen molar-refractivity contribution >= 4 is 38.4 Å². The maximum atomic E-state index is 12.4. The molecule has 7 heteroatoms. The van der Waals surface area contributed by atoms with Crippen molar-refractivity contribution in [1.29, 1.82) is 0 Å². The van der Waals surface area contributed by atoms with Crippen molar-refractivity contribution in [2.75, 3.05) is 7.05 Å². The predicted octanol–water partition coefficient (Wildman–Crippen LogP) is 3.76. The molecule has 0 unspecified atom stereocenters. The molecule has 0 saturated carbocycles. The number of halogens is 1. The second-order valence-electron chi connectivity index (χ2n) is 5.57. The number of hydrogen-bond donors (Lipinski definition) is 1. The molecule has 0 fully saturated rings. The fraction of sp³-hybridized carbons (Fsp3) is 0.105. The van der Waals surface area contributed by atoms with Gasteiger partial charge in [-0.05, 0) is 41.6 Å². The fourth-order valence-electron chi connectivity index (χ4n) is 2.59. The summed E-state index contributed by atoms with van der Waals surface area (Å²) in [4.78, 5) is 12.2. The number of nitrogens with one attached hydrogen (secondary N) is 1. The molecule has 26 heavy (non-hydrogen) atoms. The van der Waals surface area contributed by atoms with Crippen LogP contribution in [0.4, 0.5) is 0 Å². The number of sulfonamides is 1. The molecule has 1 N–H and O–H groups in total. The predicted molar refractivity (Wildman–Crippen MR) is 101 cm³/mol. The number of rotatable bonds is 5. The van der Waals surface area contributed by atoms with Crippen molar-refractivity contribution in [2.45, 2.75) is 11.5 Å². The van der Waals surface area contributed by atoms with E-state index in [1.165, 1.54) is 25.2 Å². The van der Waals surface area contributed by atoms with Gasteiger partial charge in [0.25, 0.3) is 0 Å². The van der Waals surface area contributed by atoms with Crippen molar-refractivity contribution in [3.8, 4) is 0 Å². The number of hydrogen-bond acceptors (Lipinski definition) is 4. The van der Waals surface area contributed by atoms with Crippen LogP contribution < -0.4 is 4.72 Å². The smallest absolute Gasteiger partial charge is 0.338 e. The van der Waals surface area contributed by atoms with Crippen LogP contribution >= 0.6 is 11.6 Å². The Balaban J connectivity index is 1.84. The molecule has 0 spiro atoms. The van der Waals surface area contributed by atoms with Crippen LogP contribution in [-0.2, 0) is 21.4 Å². The van der Waals surface area contributed by atoms with E-state index in [9.17, 15) is 13.2 Å². The highest BCUT2D eigenvalue weighted by molar-refractivity contribution is 7.89. The molecular weight excluding hydrogens is 374 g/mol. The average molecular weight is 390 g/mol. The standard InChI is InChI=1S/C19H16ClNO4S/c1-21-26(23,24)18-11-14(9-10-17(18)20)19(22)25-12-15-7-4-6-13-5-2-3-8-16(13)15/h2-11,21H,12H2,1H3. The summed E-state index contributed by atoms with van der Waals surface area (Å²) in [5.41, 5.74) is 0.983. The van der Waals surface area contributed by atoms with Crippen LogP contribution in [0, 0.1) is 0 Å². The van der Waals surface area contributed by atoms with Gasteiger partial charge >= 0.3 is 5.97 Å². The lowest BCUT2D eigenvalue weighted by Gasteiger charge is -2.10. The minimum Gasteiger partial charge on any atom is -0.457 e. The van der Waals surface area contributed by atoms with Gasteiger partial charge in [0.1, 0.15) is 11.5 Å². The van der Waals surface area contributed by atoms with E-state index in [4.69, 9.17) is 16.3 Å². The third-order valence-electron chi connectivity index (χ3n) is 3.96. The summed E-state index contributed by atoms with van der Waals surface area (Å²) < 4.78 is 31.5. The number of benzene rings is 3. The Morgan fingerprint density at radius 1 is 1.08 bits per heavy atom. The topological polar surface area (TPSA) is 72.5 Å². The van der Waals surface area contributed by atoms with Crippen LogP contribution in [0.2, 0.25) is 5.02 Å². The highest BCUT2D eigenvalue weighted by Gasteiger charge is 2.19. The van der Waals surface area contributed by atoms with Crippen LogP contribution in [0.25, 0.3) is 10.8 Å². The van der Waals surface area contributed by atoms with Gasteiger partial charge in [0.15, 0.2) is 0 Å². The average Bonchev–Trinajstić information content (AvgIpc) is 2.66. The molecule has 0 aromatic heterocycles. The molecular formula is C19H16ClNO4S. The Kier molecular flexibility index (Phi) is 5.27. The minimum atomic E-state index is -3.77. The minimum absolute atomic E-state index is 0.0324. The van der Waals surface area contributed by atoms with Crippen molar-refractivity contribution in [3.05, 3.63) is 76.8 Å². The normalized spacial score (nSPS) is 11.5. The second kappa shape index (κ2) is 7.45. The van der Waals surface area contributed by atoms with E-state index >= 15 is 0 Å². The molecule has 134 valence electrons. The van der Waals surface area contributed by atoms with Crippen LogP contribution in [0.15, 0.2) is 65.6 Å². The van der Waals surface area contributed by atoms with E-state index in [-0.39, 0.29) is 22.1 Å². The molecule has 0 heterocycles. The Labute approximate surface area is 156 Å². The molecule has 0 amide bonds. The van der Waals surface area contributed by atoms with Gasteiger partial charge in [-0.15, -0.1) is 0 Å². The highest BCUT2D eigenvalue weighted by atomic mass is 35.5. The molecule has 3 aromatic rings. The van der Waals surface area contributed by atoms with Crippen LogP contribution in [0.1, 0.15) is 15.9 Å². The summed E-state index contributed by atoms with van der Waals surface area (Å²) in [5.74, 6) is -0.623. The van der Waals surface area contributed by atoms with E-state index < -0.39 is 16.0 Å². The first kappa shape index (κ1) is 18.4. The molecule has 3 aromatic carbocycles. The number of carbonyl (C=O) groups is 1. The Morgan fingerprint density at radius 3 is 2.58 bits per heavy atom. The summed E-state index contributed by atoms with van der Waals surface area (Å²) in [7, 11) is -2.50. The number of fused-ring (bicyclic) bond motifs is 1. The number of ether oxygens (including phenoxy) is 1. The first-order chi connectivity index (χ1) is 12.4. The van der Waals surface area contributed by atoms with Crippen molar-refractivity contribution in [3.63, 3.8) is 0 Å². The second-order valence-corrected chi connectivity index (χ2v) is 7.83. The van der Waals surface area contributed by atoms with Crippen molar-refractivity contribution in [1.82, 2.24) is 4.72 Å². The Hall–Kier alpha value is -2.41. The largest absolute Gasteiger partial charge is 0.457 e. The Morgan fingerprint density at radius 2 is 1.81 bits per heavy atom. The first-order valence-corrected chi connectivity index (χ1v) is 9.65. The third-order valence-corrected chi connectivity index (χ3v) is 5.86. The maximum absolute atomic E-state index is 12.4. The third kappa shape index (κ3) is 3.72. The Bertz CT molecular complexity index is 1070. The number of esters is 1. The van der Waals surface area contributed by atoms with E-state index in [2.05, 4.69) is 4.72 Å². The van der Waals surface area contributed by atoms with E-state index in [1.54, 1.807) is 0 Å². The fourth-order valence-corrected chi connectivity index (χ4v) is 3.84. The van der Waals surface area contributed by atoms with Gasteiger partial charge in [0.2, 0.25) is 10.0 Å². The van der Waals surface area contributed by atoms with Crippen LogP contribution in [-0.4, -0.2) is 21.4 Å². The van der Waals surface area contributed by atoms with Crippen LogP contribution in [0.3, 0.4) is 0 Å². The SMILES string of the molecule is CNS(=O)(=O)c1cc(C(=O)OCc2cccc3ccccc23)ccc1Cl. The van der Waals surface area contributed by atoms with Gasteiger partial charge in [0, 0.05) is 0 Å². The zero-order chi connectivity index (χ0) is 18.7. The summed E-state index contributed by atoms with van der Waals surface area (Å²) in [6, 6.07) is 17.6. The van der Waals surface area contributed by atoms with Gasteiger partial charge in [-0.1, -0.05) is 54.1 Å². The lowest BCUT2D eigenvalue weighted by Crippen LogP contribution is -2.19. The summed E-state index contributed by atoms with van der Waals surface area (Å²) in [5, 5.41) is 2.08. The van der Waals surface area contributed by atoms with Crippen molar-refractivity contribution in [2.24, 2.45) is 0 Å². The lowest BCUT2D eigenvalue weighted by molar-refractivity contribution is 0.0474. The molecule has 0 radical (unpaired) electrons. The zero-order valence-corrected chi connectivity index (χ0v) is 15.5.